The van der Waals surface area contributed by atoms with E-state index in [2.05, 4.69) is 17.0 Å². The van der Waals surface area contributed by atoms with Gasteiger partial charge in [-0.2, -0.15) is 0 Å². The van der Waals surface area contributed by atoms with Crippen LogP contribution in [0, 0.1) is 5.82 Å². The molecule has 4 rings (SSSR count). The number of piperidine rings is 2. The second-order valence-electron chi connectivity index (χ2n) is 8.37. The van der Waals surface area contributed by atoms with Crippen molar-refractivity contribution in [2.75, 3.05) is 26.2 Å². The third kappa shape index (κ3) is 4.84. The molecule has 5 heteroatoms. The van der Waals surface area contributed by atoms with Crippen LogP contribution in [0.2, 0.25) is 0 Å². The first-order chi connectivity index (χ1) is 14.1. The van der Waals surface area contributed by atoms with Crippen molar-refractivity contribution in [1.82, 2.24) is 14.8 Å². The molecule has 2 aliphatic rings. The first kappa shape index (κ1) is 20.0. The molecule has 2 fully saturated rings. The molecule has 2 aromatic rings. The molecule has 2 saturated heterocycles. The average molecular weight is 396 g/mol. The molecular weight excluding hydrogens is 365 g/mol. The van der Waals surface area contributed by atoms with Crippen LogP contribution in [-0.2, 0) is 11.2 Å². The molecule has 0 saturated carbocycles. The second-order valence-corrected chi connectivity index (χ2v) is 8.37. The smallest absolute Gasteiger partial charge is 0.219 e. The van der Waals surface area contributed by atoms with Crippen molar-refractivity contribution >= 4 is 5.91 Å². The number of carbonyl (C=O) groups excluding carboxylic acids is 1. The Balaban J connectivity index is 1.33. The van der Waals surface area contributed by atoms with Gasteiger partial charge in [-0.1, -0.05) is 24.3 Å². The van der Waals surface area contributed by atoms with Gasteiger partial charge in [0.1, 0.15) is 5.82 Å². The molecule has 0 atom stereocenters. The molecule has 0 bridgehead atoms. The molecule has 29 heavy (non-hydrogen) atoms. The summed E-state index contributed by atoms with van der Waals surface area (Å²) in [6.45, 7) is 5.63. The number of carbonyl (C=O) groups is 1. The van der Waals surface area contributed by atoms with Gasteiger partial charge in [-0.25, -0.2) is 4.39 Å². The van der Waals surface area contributed by atoms with Gasteiger partial charge in [-0.15, -0.1) is 0 Å². The van der Waals surface area contributed by atoms with Gasteiger partial charge in [0.15, 0.2) is 0 Å². The highest BCUT2D eigenvalue weighted by Crippen LogP contribution is 2.30. The number of pyridine rings is 1. The fourth-order valence-electron chi connectivity index (χ4n) is 4.77. The maximum absolute atomic E-state index is 14.0. The van der Waals surface area contributed by atoms with Crippen LogP contribution in [0.3, 0.4) is 0 Å². The Kier molecular flexibility index (Phi) is 6.24. The van der Waals surface area contributed by atoms with E-state index in [0.29, 0.717) is 23.9 Å². The lowest BCUT2D eigenvalue weighted by molar-refractivity contribution is -0.130. The molecule has 3 heterocycles. The standard InChI is InChI=1S/C24H30FN3O/c1-18(29)27-15-11-22(12-16-27)28-13-9-19(10-14-28)24-8-4-6-21(26-24)17-20-5-2-3-7-23(20)25/h2-8,19,22H,9-17H2,1H3. The van der Waals surface area contributed by atoms with Crippen molar-refractivity contribution in [1.29, 1.82) is 0 Å². The topological polar surface area (TPSA) is 36.4 Å². The van der Waals surface area contributed by atoms with Gasteiger partial charge < -0.3 is 9.80 Å². The number of amides is 1. The molecule has 1 aromatic heterocycles. The number of benzene rings is 1. The molecule has 154 valence electrons. The number of hydrogen-bond acceptors (Lipinski definition) is 3. The van der Waals surface area contributed by atoms with Gasteiger partial charge in [-0.3, -0.25) is 9.78 Å². The quantitative estimate of drug-likeness (QED) is 0.785. The first-order valence-electron chi connectivity index (χ1n) is 10.8. The minimum absolute atomic E-state index is 0.163. The molecule has 0 radical (unpaired) electrons. The molecule has 1 aromatic carbocycles. The minimum atomic E-state index is -0.163. The van der Waals surface area contributed by atoms with E-state index in [1.54, 1.807) is 13.0 Å². The summed E-state index contributed by atoms with van der Waals surface area (Å²) in [6, 6.07) is 13.7. The predicted molar refractivity (Wildman–Crippen MR) is 112 cm³/mol. The van der Waals surface area contributed by atoms with Crippen LogP contribution in [0.15, 0.2) is 42.5 Å². The number of likely N-dealkylation sites (tertiary alicyclic amines) is 2. The number of rotatable bonds is 4. The van der Waals surface area contributed by atoms with E-state index < -0.39 is 0 Å². The van der Waals surface area contributed by atoms with Crippen LogP contribution >= 0.6 is 0 Å². The minimum Gasteiger partial charge on any atom is -0.343 e. The fourth-order valence-corrected chi connectivity index (χ4v) is 4.77. The van der Waals surface area contributed by atoms with Crippen molar-refractivity contribution in [3.8, 4) is 0 Å². The molecule has 4 nitrogen and oxygen atoms in total. The van der Waals surface area contributed by atoms with Gasteiger partial charge in [0, 0.05) is 49.8 Å². The molecule has 0 spiro atoms. The zero-order valence-corrected chi connectivity index (χ0v) is 17.2. The van der Waals surface area contributed by atoms with Gasteiger partial charge in [-0.05, 0) is 62.5 Å². The molecular formula is C24H30FN3O. The van der Waals surface area contributed by atoms with Crippen molar-refractivity contribution in [2.45, 2.75) is 51.0 Å². The van der Waals surface area contributed by atoms with Crippen LogP contribution in [0.1, 0.15) is 55.5 Å². The highest BCUT2D eigenvalue weighted by atomic mass is 19.1. The van der Waals surface area contributed by atoms with Gasteiger partial charge in [0.05, 0.1) is 0 Å². The zero-order valence-electron chi connectivity index (χ0n) is 17.2. The maximum atomic E-state index is 14.0. The average Bonchev–Trinajstić information content (AvgIpc) is 2.76. The van der Waals surface area contributed by atoms with Gasteiger partial charge in [0.25, 0.3) is 0 Å². The van der Waals surface area contributed by atoms with E-state index in [-0.39, 0.29) is 11.7 Å². The van der Waals surface area contributed by atoms with Crippen molar-refractivity contribution in [3.05, 3.63) is 65.2 Å². The Bertz CT molecular complexity index is 840. The predicted octanol–water partition coefficient (Wildman–Crippen LogP) is 4.00. The van der Waals surface area contributed by atoms with Crippen LogP contribution in [0.25, 0.3) is 0 Å². The summed E-state index contributed by atoms with van der Waals surface area (Å²) in [4.78, 5) is 21.0. The van der Waals surface area contributed by atoms with E-state index in [0.717, 1.165) is 63.3 Å². The van der Waals surface area contributed by atoms with Crippen LogP contribution in [-0.4, -0.2) is 52.9 Å². The van der Waals surface area contributed by atoms with E-state index in [1.807, 2.05) is 23.1 Å². The number of nitrogens with zero attached hydrogens (tertiary/aromatic N) is 3. The zero-order chi connectivity index (χ0) is 20.2. The lowest BCUT2D eigenvalue weighted by Crippen LogP contribution is -2.48. The Morgan fingerprint density at radius 2 is 1.72 bits per heavy atom. The number of halogens is 1. The highest BCUT2D eigenvalue weighted by molar-refractivity contribution is 5.73. The largest absolute Gasteiger partial charge is 0.343 e. The molecule has 1 amide bonds. The summed E-state index contributed by atoms with van der Waals surface area (Å²) in [5, 5.41) is 0. The van der Waals surface area contributed by atoms with Gasteiger partial charge in [0.2, 0.25) is 5.91 Å². The summed E-state index contributed by atoms with van der Waals surface area (Å²) in [6.07, 6.45) is 4.93. The van der Waals surface area contributed by atoms with Crippen LogP contribution in [0.5, 0.6) is 0 Å². The summed E-state index contributed by atoms with van der Waals surface area (Å²) >= 11 is 0. The summed E-state index contributed by atoms with van der Waals surface area (Å²) < 4.78 is 14.0. The molecule has 0 unspecified atom stereocenters. The summed E-state index contributed by atoms with van der Waals surface area (Å²) in [7, 11) is 0. The van der Waals surface area contributed by atoms with Crippen molar-refractivity contribution in [3.63, 3.8) is 0 Å². The monoisotopic (exact) mass is 395 g/mol. The van der Waals surface area contributed by atoms with E-state index in [1.165, 1.54) is 6.07 Å². The third-order valence-corrected chi connectivity index (χ3v) is 6.53. The fraction of sp³-hybridized carbons (Fsp3) is 0.500. The number of hydrogen-bond donors (Lipinski definition) is 0. The maximum Gasteiger partial charge on any atom is 0.219 e. The molecule has 0 N–H and O–H groups in total. The second kappa shape index (κ2) is 9.04. The normalized spacial score (nSPS) is 19.4. The van der Waals surface area contributed by atoms with Crippen molar-refractivity contribution in [2.24, 2.45) is 0 Å². The Labute approximate surface area is 172 Å². The van der Waals surface area contributed by atoms with Crippen LogP contribution < -0.4 is 0 Å². The third-order valence-electron chi connectivity index (χ3n) is 6.53. The first-order valence-corrected chi connectivity index (χ1v) is 10.8. The van der Waals surface area contributed by atoms with E-state index in [9.17, 15) is 9.18 Å². The number of aromatic nitrogens is 1. The van der Waals surface area contributed by atoms with Crippen LogP contribution in [0.4, 0.5) is 4.39 Å². The Morgan fingerprint density at radius 3 is 2.41 bits per heavy atom. The van der Waals surface area contributed by atoms with Gasteiger partial charge >= 0.3 is 0 Å². The summed E-state index contributed by atoms with van der Waals surface area (Å²) in [5.74, 6) is 0.511. The summed E-state index contributed by atoms with van der Waals surface area (Å²) in [5.41, 5.74) is 2.78. The molecule has 0 aliphatic carbocycles. The Morgan fingerprint density at radius 1 is 1.00 bits per heavy atom. The lowest BCUT2D eigenvalue weighted by Gasteiger charge is -2.41. The highest BCUT2D eigenvalue weighted by Gasteiger charge is 2.29. The van der Waals surface area contributed by atoms with E-state index in [4.69, 9.17) is 4.98 Å². The van der Waals surface area contributed by atoms with E-state index >= 15 is 0 Å². The lowest BCUT2D eigenvalue weighted by atomic mass is 9.90. The Hall–Kier alpha value is -2.27. The van der Waals surface area contributed by atoms with Crippen molar-refractivity contribution < 1.29 is 9.18 Å². The molecule has 2 aliphatic heterocycles. The SMILES string of the molecule is CC(=O)N1CCC(N2CCC(c3cccc(Cc4ccccc4F)n3)CC2)CC1.